The summed E-state index contributed by atoms with van der Waals surface area (Å²) in [5.74, 6) is 0.825. The third kappa shape index (κ3) is 2.97. The number of methoxy groups -OCH3 is 1. The van der Waals surface area contributed by atoms with E-state index in [2.05, 4.69) is 5.32 Å². The van der Waals surface area contributed by atoms with Crippen LogP contribution in [0.25, 0.3) is 0 Å². The maximum absolute atomic E-state index is 10.4. The van der Waals surface area contributed by atoms with Crippen molar-refractivity contribution in [2.24, 2.45) is 0 Å². The van der Waals surface area contributed by atoms with Crippen molar-refractivity contribution in [2.45, 2.75) is 25.9 Å². The van der Waals surface area contributed by atoms with Crippen molar-refractivity contribution in [3.63, 3.8) is 0 Å². The van der Waals surface area contributed by atoms with Gasteiger partial charge in [0.2, 0.25) is 0 Å². The number of ether oxygens (including phenoxy) is 1. The van der Waals surface area contributed by atoms with Gasteiger partial charge in [-0.15, -0.1) is 0 Å². The number of aryl methyl sites for hydroxylation is 1. The van der Waals surface area contributed by atoms with Crippen LogP contribution in [0.15, 0.2) is 18.2 Å². The average Bonchev–Trinajstić information content (AvgIpc) is 2.25. The molecular formula is C13H21NO2. The Morgan fingerprint density at radius 2 is 2.12 bits per heavy atom. The number of benzene rings is 1. The van der Waals surface area contributed by atoms with E-state index in [9.17, 15) is 5.11 Å². The van der Waals surface area contributed by atoms with E-state index in [4.69, 9.17) is 4.74 Å². The minimum absolute atomic E-state index is 0.691. The number of hydrogen-bond acceptors (Lipinski definition) is 3. The summed E-state index contributed by atoms with van der Waals surface area (Å²) >= 11 is 0. The Kier molecular flexibility index (Phi) is 4.33. The molecule has 0 radical (unpaired) electrons. The fourth-order valence-corrected chi connectivity index (χ4v) is 1.87. The van der Waals surface area contributed by atoms with E-state index < -0.39 is 5.60 Å². The molecule has 0 aliphatic heterocycles. The summed E-state index contributed by atoms with van der Waals surface area (Å²) in [5, 5.41) is 13.4. The molecule has 3 heteroatoms. The molecule has 0 amide bonds. The second-order valence-corrected chi connectivity index (χ2v) is 4.31. The molecule has 0 aromatic heterocycles. The standard InChI is InChI=1S/C13H21NO2/c1-10-9-11(16-4)5-6-12(10)13(2,15)7-8-14-3/h5-6,9,14-15H,7-8H2,1-4H3. The SMILES string of the molecule is CNCCC(C)(O)c1ccc(OC)cc1C. The van der Waals surface area contributed by atoms with Gasteiger partial charge in [-0.05, 0) is 57.1 Å². The van der Waals surface area contributed by atoms with Crippen molar-refractivity contribution < 1.29 is 9.84 Å². The Labute approximate surface area is 97.4 Å². The van der Waals surface area contributed by atoms with E-state index in [1.165, 1.54) is 0 Å². The number of aliphatic hydroxyl groups is 1. The van der Waals surface area contributed by atoms with Crippen LogP contribution in [0.3, 0.4) is 0 Å². The van der Waals surface area contributed by atoms with Crippen molar-refractivity contribution >= 4 is 0 Å². The first kappa shape index (κ1) is 13.0. The molecule has 0 fully saturated rings. The first-order valence-corrected chi connectivity index (χ1v) is 5.53. The quantitative estimate of drug-likeness (QED) is 0.800. The molecule has 0 aliphatic carbocycles. The molecule has 16 heavy (non-hydrogen) atoms. The molecular weight excluding hydrogens is 202 g/mol. The predicted molar refractivity (Wildman–Crippen MR) is 65.8 cm³/mol. The maximum atomic E-state index is 10.4. The zero-order valence-corrected chi connectivity index (χ0v) is 10.5. The second-order valence-electron chi connectivity index (χ2n) is 4.31. The zero-order chi connectivity index (χ0) is 12.2. The lowest BCUT2D eigenvalue weighted by Gasteiger charge is -2.26. The molecule has 0 bridgehead atoms. The van der Waals surface area contributed by atoms with Crippen LogP contribution in [0.2, 0.25) is 0 Å². The van der Waals surface area contributed by atoms with E-state index in [-0.39, 0.29) is 0 Å². The minimum Gasteiger partial charge on any atom is -0.497 e. The number of rotatable bonds is 5. The van der Waals surface area contributed by atoms with Gasteiger partial charge in [0.25, 0.3) is 0 Å². The third-order valence-electron chi connectivity index (χ3n) is 2.88. The monoisotopic (exact) mass is 223 g/mol. The third-order valence-corrected chi connectivity index (χ3v) is 2.88. The molecule has 3 nitrogen and oxygen atoms in total. The second kappa shape index (κ2) is 5.32. The van der Waals surface area contributed by atoms with Crippen LogP contribution >= 0.6 is 0 Å². The first-order valence-electron chi connectivity index (χ1n) is 5.53. The Morgan fingerprint density at radius 3 is 2.62 bits per heavy atom. The van der Waals surface area contributed by atoms with Gasteiger partial charge in [-0.2, -0.15) is 0 Å². The summed E-state index contributed by atoms with van der Waals surface area (Å²) in [5.41, 5.74) is 1.23. The van der Waals surface area contributed by atoms with Gasteiger partial charge in [0.15, 0.2) is 0 Å². The summed E-state index contributed by atoms with van der Waals surface area (Å²) in [4.78, 5) is 0. The van der Waals surface area contributed by atoms with Crippen molar-refractivity contribution in [1.82, 2.24) is 5.32 Å². The maximum Gasteiger partial charge on any atom is 0.119 e. The van der Waals surface area contributed by atoms with Gasteiger partial charge in [0.05, 0.1) is 12.7 Å². The molecule has 1 aromatic rings. The molecule has 1 atom stereocenters. The lowest BCUT2D eigenvalue weighted by atomic mass is 9.89. The highest BCUT2D eigenvalue weighted by Crippen LogP contribution is 2.29. The molecule has 90 valence electrons. The normalized spacial score (nSPS) is 14.6. The molecule has 0 saturated heterocycles. The van der Waals surface area contributed by atoms with Gasteiger partial charge in [-0.3, -0.25) is 0 Å². The lowest BCUT2D eigenvalue weighted by Crippen LogP contribution is -2.27. The fourth-order valence-electron chi connectivity index (χ4n) is 1.87. The Hall–Kier alpha value is -1.06. The van der Waals surface area contributed by atoms with Crippen LogP contribution in [0.1, 0.15) is 24.5 Å². The highest BCUT2D eigenvalue weighted by Gasteiger charge is 2.24. The zero-order valence-electron chi connectivity index (χ0n) is 10.5. The van der Waals surface area contributed by atoms with E-state index in [0.29, 0.717) is 6.42 Å². The average molecular weight is 223 g/mol. The van der Waals surface area contributed by atoms with Crippen LogP contribution in [-0.2, 0) is 5.60 Å². The number of nitrogens with one attached hydrogen (secondary N) is 1. The van der Waals surface area contributed by atoms with Crippen LogP contribution in [0.4, 0.5) is 0 Å². The minimum atomic E-state index is -0.792. The van der Waals surface area contributed by atoms with Crippen molar-refractivity contribution in [2.75, 3.05) is 20.7 Å². The highest BCUT2D eigenvalue weighted by molar-refractivity contribution is 5.37. The van der Waals surface area contributed by atoms with Crippen LogP contribution in [0, 0.1) is 6.92 Å². The molecule has 0 aliphatic rings. The molecule has 1 rings (SSSR count). The van der Waals surface area contributed by atoms with Crippen LogP contribution < -0.4 is 10.1 Å². The number of hydrogen-bond donors (Lipinski definition) is 2. The van der Waals surface area contributed by atoms with Gasteiger partial charge >= 0.3 is 0 Å². The summed E-state index contributed by atoms with van der Waals surface area (Å²) in [7, 11) is 3.53. The highest BCUT2D eigenvalue weighted by atomic mass is 16.5. The van der Waals surface area contributed by atoms with Gasteiger partial charge < -0.3 is 15.2 Å². The Balaban J connectivity index is 2.94. The van der Waals surface area contributed by atoms with E-state index in [0.717, 1.165) is 23.4 Å². The van der Waals surface area contributed by atoms with Crippen molar-refractivity contribution in [1.29, 1.82) is 0 Å². The Morgan fingerprint density at radius 1 is 1.44 bits per heavy atom. The van der Waals surface area contributed by atoms with Crippen molar-refractivity contribution in [3.8, 4) is 5.75 Å². The van der Waals surface area contributed by atoms with Crippen LogP contribution in [0.5, 0.6) is 5.75 Å². The molecule has 0 spiro atoms. The van der Waals surface area contributed by atoms with E-state index in [1.807, 2.05) is 39.1 Å². The molecule has 2 N–H and O–H groups in total. The summed E-state index contributed by atoms with van der Waals surface area (Å²) in [6.07, 6.45) is 0.691. The fraction of sp³-hybridized carbons (Fsp3) is 0.538. The van der Waals surface area contributed by atoms with E-state index >= 15 is 0 Å². The summed E-state index contributed by atoms with van der Waals surface area (Å²) < 4.78 is 5.15. The molecule has 1 unspecified atom stereocenters. The smallest absolute Gasteiger partial charge is 0.119 e. The largest absolute Gasteiger partial charge is 0.497 e. The molecule has 0 saturated carbocycles. The predicted octanol–water partition coefficient (Wildman–Crippen LogP) is 1.82. The van der Waals surface area contributed by atoms with Gasteiger partial charge in [-0.25, -0.2) is 0 Å². The Bertz CT molecular complexity index is 348. The van der Waals surface area contributed by atoms with Gasteiger partial charge in [0.1, 0.15) is 5.75 Å². The molecule has 0 heterocycles. The summed E-state index contributed by atoms with van der Waals surface area (Å²) in [6.45, 7) is 4.63. The van der Waals surface area contributed by atoms with Gasteiger partial charge in [0, 0.05) is 0 Å². The lowest BCUT2D eigenvalue weighted by molar-refractivity contribution is 0.0478. The summed E-state index contributed by atoms with van der Waals surface area (Å²) in [6, 6.07) is 5.77. The topological polar surface area (TPSA) is 41.5 Å². The van der Waals surface area contributed by atoms with Gasteiger partial charge in [-0.1, -0.05) is 6.07 Å². The van der Waals surface area contributed by atoms with E-state index in [1.54, 1.807) is 7.11 Å². The molecule has 1 aromatic carbocycles. The van der Waals surface area contributed by atoms with Crippen molar-refractivity contribution in [3.05, 3.63) is 29.3 Å². The first-order chi connectivity index (χ1) is 7.51. The van der Waals surface area contributed by atoms with Crippen LogP contribution in [-0.4, -0.2) is 25.8 Å².